The van der Waals surface area contributed by atoms with E-state index in [2.05, 4.69) is 20.2 Å². The Kier molecular flexibility index (Phi) is 4.70. The van der Waals surface area contributed by atoms with Crippen LogP contribution in [-0.2, 0) is 6.54 Å². The minimum atomic E-state index is 0.417. The lowest BCUT2D eigenvalue weighted by atomic mass is 10.2. The van der Waals surface area contributed by atoms with Crippen molar-refractivity contribution in [3.63, 3.8) is 0 Å². The van der Waals surface area contributed by atoms with Gasteiger partial charge in [-0.1, -0.05) is 0 Å². The maximum Gasteiger partial charge on any atom is 0.187 e. The first-order chi connectivity index (χ1) is 9.58. The van der Waals surface area contributed by atoms with Crippen LogP contribution in [0.4, 0.5) is 5.00 Å². The highest BCUT2D eigenvalue weighted by Crippen LogP contribution is 2.21. The number of furan rings is 1. The van der Waals surface area contributed by atoms with Crippen LogP contribution in [0.5, 0.6) is 0 Å². The van der Waals surface area contributed by atoms with Crippen molar-refractivity contribution in [2.45, 2.75) is 20.4 Å². The molecular weight excluding hydrogens is 294 g/mol. The van der Waals surface area contributed by atoms with Gasteiger partial charge in [0.1, 0.15) is 10.8 Å². The number of nitrogens with zero attached hydrogens (tertiary/aromatic N) is 2. The van der Waals surface area contributed by atoms with E-state index in [0.29, 0.717) is 16.7 Å². The van der Waals surface area contributed by atoms with E-state index in [1.807, 2.05) is 26.0 Å². The normalized spacial score (nSPS) is 11.4. The maximum atomic E-state index is 5.86. The van der Waals surface area contributed by atoms with Gasteiger partial charge in [0, 0.05) is 0 Å². The van der Waals surface area contributed by atoms with E-state index >= 15 is 0 Å². The van der Waals surface area contributed by atoms with Gasteiger partial charge in [0.2, 0.25) is 0 Å². The van der Waals surface area contributed by atoms with E-state index < -0.39 is 0 Å². The summed E-state index contributed by atoms with van der Waals surface area (Å²) in [6, 6.07) is 3.69. The molecule has 8 heteroatoms. The quantitative estimate of drug-likeness (QED) is 0.455. The SMILES string of the molecule is C/C(=N/NC(=S)NCc1ccco1)c1c(C)nsc1N. The number of aromatic nitrogens is 1. The molecule has 2 heterocycles. The molecule has 0 bridgehead atoms. The number of aryl methyl sites for hydroxylation is 1. The van der Waals surface area contributed by atoms with Gasteiger partial charge in [-0.2, -0.15) is 9.47 Å². The van der Waals surface area contributed by atoms with Crippen LogP contribution in [0, 0.1) is 6.92 Å². The number of nitrogens with two attached hydrogens (primary N) is 1. The zero-order chi connectivity index (χ0) is 14.5. The van der Waals surface area contributed by atoms with E-state index in [0.717, 1.165) is 22.7 Å². The number of hydrogen-bond acceptors (Lipinski definition) is 6. The number of thiocarbonyl (C=S) groups is 1. The Labute approximate surface area is 126 Å². The van der Waals surface area contributed by atoms with Crippen molar-refractivity contribution in [1.82, 2.24) is 15.1 Å². The van der Waals surface area contributed by atoms with Crippen LogP contribution in [0.3, 0.4) is 0 Å². The summed E-state index contributed by atoms with van der Waals surface area (Å²) in [5.41, 5.74) is 11.1. The first-order valence-corrected chi connectivity index (χ1v) is 7.08. The summed E-state index contributed by atoms with van der Waals surface area (Å²) in [5, 5.41) is 8.27. The van der Waals surface area contributed by atoms with Gasteiger partial charge in [-0.05, 0) is 49.7 Å². The molecule has 20 heavy (non-hydrogen) atoms. The van der Waals surface area contributed by atoms with Gasteiger partial charge in [0.15, 0.2) is 5.11 Å². The molecule has 2 aromatic heterocycles. The van der Waals surface area contributed by atoms with Crippen LogP contribution in [0.2, 0.25) is 0 Å². The van der Waals surface area contributed by atoms with Crippen molar-refractivity contribution >= 4 is 39.6 Å². The molecule has 4 N–H and O–H groups in total. The van der Waals surface area contributed by atoms with Crippen LogP contribution in [0.15, 0.2) is 27.9 Å². The molecule has 0 amide bonds. The molecule has 0 spiro atoms. The third-order valence-electron chi connectivity index (χ3n) is 2.58. The molecule has 0 saturated heterocycles. The molecule has 0 fully saturated rings. The molecule has 0 unspecified atom stereocenters. The third-order valence-corrected chi connectivity index (χ3v) is 3.58. The first kappa shape index (κ1) is 14.5. The topological polar surface area (TPSA) is 88.5 Å². The third kappa shape index (κ3) is 3.55. The average Bonchev–Trinajstić information content (AvgIpc) is 3.04. The highest BCUT2D eigenvalue weighted by molar-refractivity contribution is 7.80. The van der Waals surface area contributed by atoms with Gasteiger partial charge in [0.05, 0.1) is 29.8 Å². The van der Waals surface area contributed by atoms with Crippen LogP contribution in [-0.4, -0.2) is 15.2 Å². The largest absolute Gasteiger partial charge is 0.467 e. The molecule has 0 aliphatic rings. The lowest BCUT2D eigenvalue weighted by molar-refractivity contribution is 0.502. The summed E-state index contributed by atoms with van der Waals surface area (Å²) < 4.78 is 9.37. The standard InChI is InChI=1S/C12H15N5OS2/c1-7(10-8(2)17-20-11(10)13)15-16-12(19)14-6-9-4-3-5-18-9/h3-5H,6,13H2,1-2H3,(H2,14,16,19)/b15-7-. The first-order valence-electron chi connectivity index (χ1n) is 5.90. The predicted molar refractivity (Wildman–Crippen MR) is 84.8 cm³/mol. The van der Waals surface area contributed by atoms with Crippen molar-refractivity contribution < 1.29 is 4.42 Å². The van der Waals surface area contributed by atoms with E-state index in [9.17, 15) is 0 Å². The molecule has 0 atom stereocenters. The maximum absolute atomic E-state index is 5.86. The van der Waals surface area contributed by atoms with E-state index in [4.69, 9.17) is 22.4 Å². The molecule has 6 nitrogen and oxygen atoms in total. The van der Waals surface area contributed by atoms with Crippen LogP contribution in [0.1, 0.15) is 23.9 Å². The van der Waals surface area contributed by atoms with Gasteiger partial charge in [0.25, 0.3) is 0 Å². The van der Waals surface area contributed by atoms with Crippen molar-refractivity contribution in [2.75, 3.05) is 5.73 Å². The molecule has 0 saturated carbocycles. The van der Waals surface area contributed by atoms with Gasteiger partial charge < -0.3 is 15.5 Å². The van der Waals surface area contributed by atoms with Crippen molar-refractivity contribution in [3.05, 3.63) is 35.4 Å². The van der Waals surface area contributed by atoms with E-state index in [1.54, 1.807) is 6.26 Å². The fourth-order valence-electron chi connectivity index (χ4n) is 1.64. The number of hydrogen-bond donors (Lipinski definition) is 3. The minimum absolute atomic E-state index is 0.417. The molecular formula is C12H15N5OS2. The minimum Gasteiger partial charge on any atom is -0.467 e. The number of anilines is 1. The van der Waals surface area contributed by atoms with Gasteiger partial charge in [-0.25, -0.2) is 0 Å². The summed E-state index contributed by atoms with van der Waals surface area (Å²) in [5.74, 6) is 0.803. The second-order valence-corrected chi connectivity index (χ2v) is 5.29. The van der Waals surface area contributed by atoms with Crippen molar-refractivity contribution in [3.8, 4) is 0 Å². The highest BCUT2D eigenvalue weighted by Gasteiger charge is 2.10. The zero-order valence-corrected chi connectivity index (χ0v) is 12.8. The Hall–Kier alpha value is -1.93. The lowest BCUT2D eigenvalue weighted by Crippen LogP contribution is -2.32. The Morgan fingerprint density at radius 1 is 1.60 bits per heavy atom. The van der Waals surface area contributed by atoms with E-state index in [-0.39, 0.29) is 0 Å². The number of nitrogens with one attached hydrogen (secondary N) is 2. The average molecular weight is 309 g/mol. The summed E-state index contributed by atoms with van der Waals surface area (Å²) in [6.45, 7) is 4.26. The van der Waals surface area contributed by atoms with Gasteiger partial charge in [-0.3, -0.25) is 5.43 Å². The van der Waals surface area contributed by atoms with Crippen LogP contribution >= 0.6 is 23.8 Å². The Bertz CT molecular complexity index is 598. The van der Waals surface area contributed by atoms with Crippen LogP contribution in [0.25, 0.3) is 0 Å². The highest BCUT2D eigenvalue weighted by atomic mass is 32.1. The van der Waals surface area contributed by atoms with Crippen LogP contribution < -0.4 is 16.5 Å². The second kappa shape index (κ2) is 6.49. The summed E-state index contributed by atoms with van der Waals surface area (Å²) in [7, 11) is 0. The molecule has 0 aromatic carbocycles. The summed E-state index contributed by atoms with van der Waals surface area (Å²) in [4.78, 5) is 0. The molecule has 2 rings (SSSR count). The number of rotatable bonds is 4. The zero-order valence-electron chi connectivity index (χ0n) is 11.1. The van der Waals surface area contributed by atoms with Gasteiger partial charge >= 0.3 is 0 Å². The predicted octanol–water partition coefficient (Wildman–Crippen LogP) is 2.02. The van der Waals surface area contributed by atoms with E-state index in [1.165, 1.54) is 11.5 Å². The molecule has 0 aliphatic heterocycles. The summed E-state index contributed by atoms with van der Waals surface area (Å²) >= 11 is 6.39. The Morgan fingerprint density at radius 3 is 3.00 bits per heavy atom. The molecule has 2 aromatic rings. The van der Waals surface area contributed by atoms with Gasteiger partial charge in [-0.15, -0.1) is 0 Å². The molecule has 0 aliphatic carbocycles. The Morgan fingerprint density at radius 2 is 2.40 bits per heavy atom. The number of hydrazone groups is 1. The van der Waals surface area contributed by atoms with Crippen molar-refractivity contribution in [2.24, 2.45) is 5.10 Å². The second-order valence-electron chi connectivity index (χ2n) is 4.08. The monoisotopic (exact) mass is 309 g/mol. The molecule has 0 radical (unpaired) electrons. The Balaban J connectivity index is 1.90. The van der Waals surface area contributed by atoms with Crippen molar-refractivity contribution in [1.29, 1.82) is 0 Å². The smallest absolute Gasteiger partial charge is 0.187 e. The summed E-state index contributed by atoms with van der Waals surface area (Å²) in [6.07, 6.45) is 1.62. The fourth-order valence-corrected chi connectivity index (χ4v) is 2.47. The molecule has 106 valence electrons. The fraction of sp³-hybridized carbons (Fsp3) is 0.250. The number of nitrogen functional groups attached to an aromatic ring is 1. The lowest BCUT2D eigenvalue weighted by Gasteiger charge is -2.06.